The lowest BCUT2D eigenvalue weighted by Crippen LogP contribution is -2.45. The Kier molecular flexibility index (Phi) is 2.54. The molecule has 76 valence electrons. The van der Waals surface area contributed by atoms with Crippen LogP contribution in [-0.4, -0.2) is 26.2 Å². The van der Waals surface area contributed by atoms with Crippen LogP contribution in [0, 0.1) is 12.1 Å². The molecule has 0 unspecified atom stereocenters. The molecule has 2 heterocycles. The van der Waals surface area contributed by atoms with Crippen LogP contribution in [0.3, 0.4) is 0 Å². The highest BCUT2D eigenvalue weighted by Gasteiger charge is 2.16. The average molecular weight is 193 g/mol. The van der Waals surface area contributed by atoms with Crippen molar-refractivity contribution in [3.8, 4) is 0 Å². The Labute approximate surface area is 83.7 Å². The molecule has 2 rings (SSSR count). The Hall–Kier alpha value is -1.29. The predicted octanol–water partition coefficient (Wildman–Crippen LogP) is 0.0380. The minimum Gasteiger partial charge on any atom is -0.618 e. The number of nitrogens with zero attached hydrogens (tertiary/aromatic N) is 2. The maximum absolute atomic E-state index is 11.4. The smallest absolute Gasteiger partial charge is 0.212 e. The van der Waals surface area contributed by atoms with Gasteiger partial charge in [0, 0.05) is 39.2 Å². The third-order valence-corrected chi connectivity index (χ3v) is 2.63. The van der Waals surface area contributed by atoms with Crippen molar-refractivity contribution < 1.29 is 4.73 Å². The molecule has 4 nitrogen and oxygen atoms in total. The second-order valence-electron chi connectivity index (χ2n) is 3.54. The number of rotatable bonds is 1. The van der Waals surface area contributed by atoms with Crippen molar-refractivity contribution in [1.82, 2.24) is 5.32 Å². The number of nitrogens with one attached hydrogen (secondary N) is 1. The van der Waals surface area contributed by atoms with Crippen molar-refractivity contribution in [3.05, 3.63) is 29.2 Å². The van der Waals surface area contributed by atoms with Crippen LogP contribution in [0.5, 0.6) is 0 Å². The normalized spacial score (nSPS) is 17.1. The lowest BCUT2D eigenvalue weighted by atomic mass is 10.2. The highest BCUT2D eigenvalue weighted by atomic mass is 16.5. The summed E-state index contributed by atoms with van der Waals surface area (Å²) in [6.45, 7) is 5.81. The fourth-order valence-corrected chi connectivity index (χ4v) is 1.80. The van der Waals surface area contributed by atoms with Gasteiger partial charge in [0.25, 0.3) is 0 Å². The zero-order valence-corrected chi connectivity index (χ0v) is 8.36. The summed E-state index contributed by atoms with van der Waals surface area (Å²) >= 11 is 0. The summed E-state index contributed by atoms with van der Waals surface area (Å²) in [5, 5.41) is 14.6. The second kappa shape index (κ2) is 3.84. The van der Waals surface area contributed by atoms with Crippen LogP contribution < -0.4 is 14.9 Å². The van der Waals surface area contributed by atoms with Gasteiger partial charge in [-0.2, -0.15) is 4.73 Å². The van der Waals surface area contributed by atoms with Gasteiger partial charge in [-0.05, 0) is 6.07 Å². The van der Waals surface area contributed by atoms with Gasteiger partial charge in [0.15, 0.2) is 6.20 Å². The van der Waals surface area contributed by atoms with Crippen LogP contribution in [0.25, 0.3) is 0 Å². The van der Waals surface area contributed by atoms with Gasteiger partial charge in [0.05, 0.1) is 0 Å². The predicted molar refractivity (Wildman–Crippen MR) is 55.2 cm³/mol. The monoisotopic (exact) mass is 193 g/mol. The van der Waals surface area contributed by atoms with Crippen LogP contribution in [0.4, 0.5) is 5.69 Å². The number of aromatic nitrogens is 1. The summed E-state index contributed by atoms with van der Waals surface area (Å²) < 4.78 is 0.928. The van der Waals surface area contributed by atoms with Gasteiger partial charge in [-0.1, -0.05) is 0 Å². The third-order valence-electron chi connectivity index (χ3n) is 2.63. The van der Waals surface area contributed by atoms with Crippen LogP contribution in [0.2, 0.25) is 0 Å². The highest BCUT2D eigenvalue weighted by Crippen LogP contribution is 2.16. The van der Waals surface area contributed by atoms with E-state index < -0.39 is 0 Å². The third kappa shape index (κ3) is 1.65. The van der Waals surface area contributed by atoms with Gasteiger partial charge in [-0.15, -0.1) is 0 Å². The van der Waals surface area contributed by atoms with Gasteiger partial charge in [-0.3, -0.25) is 0 Å². The van der Waals surface area contributed by atoms with Crippen molar-refractivity contribution >= 4 is 5.69 Å². The molecular weight excluding hydrogens is 178 g/mol. The summed E-state index contributed by atoms with van der Waals surface area (Å²) in [7, 11) is 0. The molecule has 0 aliphatic carbocycles. The maximum atomic E-state index is 11.4. The van der Waals surface area contributed by atoms with Gasteiger partial charge in [-0.25, -0.2) is 0 Å². The minimum atomic E-state index is 0.786. The Balaban J connectivity index is 2.26. The Bertz CT molecular complexity index is 321. The molecule has 0 atom stereocenters. The fraction of sp³-hybridized carbons (Fsp3) is 0.500. The first-order valence-electron chi connectivity index (χ1n) is 4.93. The Morgan fingerprint density at radius 3 is 2.86 bits per heavy atom. The van der Waals surface area contributed by atoms with Gasteiger partial charge < -0.3 is 15.4 Å². The molecule has 14 heavy (non-hydrogen) atoms. The van der Waals surface area contributed by atoms with Crippen molar-refractivity contribution in [2.75, 3.05) is 31.1 Å². The molecule has 0 radical (unpaired) electrons. The summed E-state index contributed by atoms with van der Waals surface area (Å²) in [6, 6.07) is 3.81. The largest absolute Gasteiger partial charge is 0.618 e. The number of hydrogen-bond donors (Lipinski definition) is 1. The molecule has 1 N–H and O–H groups in total. The maximum Gasteiger partial charge on any atom is 0.212 e. The molecule has 4 heteroatoms. The molecule has 0 amide bonds. The van der Waals surface area contributed by atoms with E-state index in [4.69, 9.17) is 0 Å². The van der Waals surface area contributed by atoms with Crippen molar-refractivity contribution in [1.29, 1.82) is 0 Å². The topological polar surface area (TPSA) is 42.2 Å². The molecule has 1 fully saturated rings. The number of pyridine rings is 1. The standard InChI is InChI=1S/C10H15N3O/c1-9-10(3-2-6-13(9)14)12-7-4-11-5-8-12/h2-3,6,11H,4-5,7-8H2,1H3. The molecule has 1 aliphatic rings. The summed E-state index contributed by atoms with van der Waals surface area (Å²) in [5.74, 6) is 0. The van der Waals surface area contributed by atoms with E-state index in [9.17, 15) is 5.21 Å². The Morgan fingerprint density at radius 2 is 2.14 bits per heavy atom. The first-order chi connectivity index (χ1) is 6.79. The quantitative estimate of drug-likeness (QED) is 0.506. The first kappa shape index (κ1) is 9.27. The molecule has 1 saturated heterocycles. The molecule has 1 aromatic rings. The van der Waals surface area contributed by atoms with E-state index in [0.717, 1.165) is 42.3 Å². The van der Waals surface area contributed by atoms with Gasteiger partial charge >= 0.3 is 0 Å². The molecule has 0 spiro atoms. The van der Waals surface area contributed by atoms with E-state index >= 15 is 0 Å². The summed E-state index contributed by atoms with van der Waals surface area (Å²) in [5.41, 5.74) is 1.85. The lowest BCUT2D eigenvalue weighted by Gasteiger charge is -2.29. The zero-order chi connectivity index (χ0) is 9.97. The molecular formula is C10H15N3O. The molecule has 1 aromatic heterocycles. The highest BCUT2D eigenvalue weighted by molar-refractivity contribution is 5.48. The zero-order valence-electron chi connectivity index (χ0n) is 8.36. The van der Waals surface area contributed by atoms with Crippen LogP contribution in [-0.2, 0) is 0 Å². The van der Waals surface area contributed by atoms with Crippen LogP contribution in [0.15, 0.2) is 18.3 Å². The number of hydrogen-bond acceptors (Lipinski definition) is 3. The van der Waals surface area contributed by atoms with E-state index in [0.29, 0.717) is 0 Å². The molecule has 0 bridgehead atoms. The van der Waals surface area contributed by atoms with E-state index in [-0.39, 0.29) is 0 Å². The van der Waals surface area contributed by atoms with Gasteiger partial charge in [0.2, 0.25) is 5.69 Å². The summed E-state index contributed by atoms with van der Waals surface area (Å²) in [4.78, 5) is 2.25. The van der Waals surface area contributed by atoms with Crippen molar-refractivity contribution in [2.24, 2.45) is 0 Å². The molecule has 1 aliphatic heterocycles. The number of anilines is 1. The number of piperazine rings is 1. The van der Waals surface area contributed by atoms with E-state index in [1.165, 1.54) is 0 Å². The lowest BCUT2D eigenvalue weighted by molar-refractivity contribution is -0.611. The van der Waals surface area contributed by atoms with Crippen molar-refractivity contribution in [3.63, 3.8) is 0 Å². The van der Waals surface area contributed by atoms with E-state index in [2.05, 4.69) is 10.2 Å². The van der Waals surface area contributed by atoms with Crippen LogP contribution >= 0.6 is 0 Å². The SMILES string of the molecule is Cc1c(N2CCNCC2)ccc[n+]1[O-]. The molecule has 0 saturated carbocycles. The average Bonchev–Trinajstić information content (AvgIpc) is 2.23. The van der Waals surface area contributed by atoms with E-state index in [1.807, 2.05) is 13.0 Å². The van der Waals surface area contributed by atoms with Crippen LogP contribution in [0.1, 0.15) is 5.69 Å². The Morgan fingerprint density at radius 1 is 1.43 bits per heavy atom. The molecule has 0 aromatic carbocycles. The van der Waals surface area contributed by atoms with Crippen molar-refractivity contribution in [2.45, 2.75) is 6.92 Å². The summed E-state index contributed by atoms with van der Waals surface area (Å²) in [6.07, 6.45) is 1.54. The van der Waals surface area contributed by atoms with Gasteiger partial charge in [0.1, 0.15) is 5.69 Å². The minimum absolute atomic E-state index is 0.786. The first-order valence-corrected chi connectivity index (χ1v) is 4.93. The second-order valence-corrected chi connectivity index (χ2v) is 3.54. The van der Waals surface area contributed by atoms with E-state index in [1.54, 1.807) is 12.3 Å². The fourth-order valence-electron chi connectivity index (χ4n) is 1.80.